The first kappa shape index (κ1) is 98.2. The number of nitrogens with two attached hydrogens (primary N) is 3. The van der Waals surface area contributed by atoms with Crippen molar-refractivity contribution in [1.82, 2.24) is 0 Å². The van der Waals surface area contributed by atoms with Gasteiger partial charge in [0, 0.05) is 115 Å². The van der Waals surface area contributed by atoms with E-state index in [2.05, 4.69) is 51.7 Å². The molecule has 0 amide bonds. The quantitative estimate of drug-likeness (QED) is 0.00809. The first-order chi connectivity index (χ1) is 53.8. The van der Waals surface area contributed by atoms with Crippen molar-refractivity contribution in [2.45, 2.75) is 129 Å². The number of esters is 2. The van der Waals surface area contributed by atoms with E-state index in [9.17, 15) is 18.8 Å². The van der Waals surface area contributed by atoms with Crippen LogP contribution in [0.5, 0.6) is 17.2 Å². The van der Waals surface area contributed by atoms with Crippen LogP contribution in [0.4, 0.5) is 13.2 Å². The van der Waals surface area contributed by atoms with Gasteiger partial charge in [-0.1, -0.05) is 109 Å². The summed E-state index contributed by atoms with van der Waals surface area (Å²) in [6, 6.07) is 55.2. The molecule has 0 bridgehead atoms. The maximum atomic E-state index is 15.3. The molecule has 3 aliphatic rings. The van der Waals surface area contributed by atoms with Gasteiger partial charge < -0.3 is 86.3 Å². The number of carboxylic acids is 1. The molecule has 12 aromatic rings. The molecule has 0 atom stereocenters. The number of halogens is 5. The number of fused-ring (bicyclic) bond motifs is 3. The summed E-state index contributed by atoms with van der Waals surface area (Å²) in [5.74, 6) is 3.48. The van der Waals surface area contributed by atoms with Gasteiger partial charge in [-0.2, -0.15) is 0 Å². The van der Waals surface area contributed by atoms with Gasteiger partial charge in [0.05, 0.1) is 36.0 Å². The van der Waals surface area contributed by atoms with E-state index in [-0.39, 0.29) is 234 Å². The zero-order valence-electron chi connectivity index (χ0n) is 65.9. The molecule has 0 aliphatic heterocycles. The van der Waals surface area contributed by atoms with Gasteiger partial charge in [0.2, 0.25) is 0 Å². The standard InChI is InChI=1S/C29H28FNO4.C27H24FNO4.C22H21IO4.C7H9BFNO2.CH2O3.ClH.2K.Li.H2O.H/c1-2-33-27(32)15-20-6-3-4-9-25(20)34-17-18-12-22-14-26(19-10-11-19)35-29(22)24(13-18)23-8-5-7-21(16-31)28(23)30;28-26-19(14-29)5-3-6-21(26)22-11-16(10-20-12-24(17-8-9-17)33-27(20)22)15-32-23-7-2-1-4-18(23)13-25(30)31;1-2-25-21(24)12-16-5-3-4-6-19(16)26-13-14-9-17-11-20(15-7-8-15)27-22(17)18(23)10-14;9-7-5(4-10)2-1-3-6(7)8(11)12;2-1-4-3;;;;;;/h3-9,12-14,19H,2,10-11,15-17,31H2,1H3;1-7,10-12,17H,8-9,13-15,29H2,(H,30,31);3-6,9-11,15H,2,7-8,12-13H2,1H3;1-3,11-12H,4,10H2;1,3H;1H;;;;1H2;/q;;;;;;3*+1;;-1/p-2. The van der Waals surface area contributed by atoms with Crippen LogP contribution in [0.2, 0.25) is 0 Å². The molecule has 3 aliphatic carbocycles. The van der Waals surface area contributed by atoms with Gasteiger partial charge in [0.25, 0.3) is 6.47 Å². The van der Waals surface area contributed by atoms with Crippen LogP contribution in [0.3, 0.4) is 0 Å². The fourth-order valence-electron chi connectivity index (χ4n) is 12.6. The number of benzene rings is 9. The predicted octanol–water partition coefficient (Wildman–Crippen LogP) is 6.41. The summed E-state index contributed by atoms with van der Waals surface area (Å²) in [4.78, 5) is 46.2. The minimum Gasteiger partial charge on any atom is -1.00 e. The Morgan fingerprint density at radius 2 is 0.828 bits per heavy atom. The number of aliphatic carboxylic acids is 1. The molecule has 3 fully saturated rings. The number of carbonyl (C=O) groups excluding carboxylic acids is 3. The minimum atomic E-state index is -1.78. The van der Waals surface area contributed by atoms with E-state index in [1.165, 1.54) is 31.0 Å². The van der Waals surface area contributed by atoms with Crippen LogP contribution < -0.4 is 164 Å². The maximum absolute atomic E-state index is 15.3. The van der Waals surface area contributed by atoms with Crippen molar-refractivity contribution >= 4 is 105 Å². The molecule has 116 heavy (non-hydrogen) atoms. The molecule has 0 radical (unpaired) electrons. The van der Waals surface area contributed by atoms with Crippen LogP contribution in [0.15, 0.2) is 195 Å². The average molecular weight is 1760 g/mol. The molecule has 0 spiro atoms. The van der Waals surface area contributed by atoms with Crippen LogP contribution in [-0.4, -0.2) is 65.3 Å². The molecule has 10 N–H and O–H groups in total. The normalized spacial score (nSPS) is 12.2. The largest absolute Gasteiger partial charge is 1.00 e. The fraction of sp³-hybridized carbons (Fsp3) is 0.256. The molecule has 3 saturated carbocycles. The number of hydrogen-bond donors (Lipinski definition) is 6. The van der Waals surface area contributed by atoms with Gasteiger partial charge in [-0.15, -0.1) is 12.4 Å². The number of furan rings is 3. The summed E-state index contributed by atoms with van der Waals surface area (Å²) >= 11 is 2.32. The second-order valence-electron chi connectivity index (χ2n) is 26.7. The average Bonchev–Trinajstić information content (AvgIpc) is 1.60. The minimum absolute atomic E-state index is 0. The van der Waals surface area contributed by atoms with Gasteiger partial charge in [0.15, 0.2) is 0 Å². The fourth-order valence-corrected chi connectivity index (χ4v) is 13.4. The smallest absolute Gasteiger partial charge is 1.00 e. The van der Waals surface area contributed by atoms with Gasteiger partial charge in [-0.3, -0.25) is 19.2 Å². The van der Waals surface area contributed by atoms with Crippen molar-refractivity contribution in [1.29, 1.82) is 0 Å². The molecule has 0 saturated heterocycles. The van der Waals surface area contributed by atoms with Crippen LogP contribution in [0.1, 0.15) is 139 Å². The van der Waals surface area contributed by atoms with E-state index in [1.807, 2.05) is 91.9 Å². The monoisotopic (exact) mass is 1760 g/mol. The second-order valence-corrected chi connectivity index (χ2v) is 27.8. The summed E-state index contributed by atoms with van der Waals surface area (Å²) < 4.78 is 91.4. The summed E-state index contributed by atoms with van der Waals surface area (Å²) in [6.07, 6.45) is 7.10. The molecule has 30 heteroatoms. The Morgan fingerprint density at radius 3 is 1.17 bits per heavy atom. The van der Waals surface area contributed by atoms with E-state index >= 15 is 8.78 Å². The third kappa shape index (κ3) is 26.7. The first-order valence-electron chi connectivity index (χ1n) is 36.3. The molecular formula is C86H86BClF3IK2LiN3O18. The Balaban J connectivity index is 0.000000280. The van der Waals surface area contributed by atoms with Gasteiger partial charge in [0.1, 0.15) is 88.6 Å². The zero-order valence-corrected chi connectivity index (χ0v) is 74.1. The summed E-state index contributed by atoms with van der Waals surface area (Å²) in [6.45, 7) is 5.31. The maximum Gasteiger partial charge on any atom is 1.00 e. The molecule has 15 rings (SSSR count). The summed E-state index contributed by atoms with van der Waals surface area (Å²) in [7, 11) is -1.78. The number of rotatable bonds is 27. The molecular weight excluding hydrogens is 1680 g/mol. The van der Waals surface area contributed by atoms with Gasteiger partial charge in [-0.25, -0.2) is 13.2 Å². The van der Waals surface area contributed by atoms with Crippen LogP contribution in [0.25, 0.3) is 55.2 Å². The van der Waals surface area contributed by atoms with E-state index in [0.29, 0.717) is 105 Å². The Labute approximate surface area is 787 Å². The van der Waals surface area contributed by atoms with Crippen LogP contribution in [-0.2, 0) is 92.3 Å². The van der Waals surface area contributed by atoms with Crippen LogP contribution >= 0.6 is 35.0 Å². The van der Waals surface area contributed by atoms with Gasteiger partial charge >= 0.3 is 147 Å². The van der Waals surface area contributed by atoms with Crippen molar-refractivity contribution in [2.75, 3.05) is 13.2 Å². The molecule has 0 unspecified atom stereocenters. The number of para-hydroxylation sites is 3. The molecule has 9 aromatic carbocycles. The first-order valence-corrected chi connectivity index (χ1v) is 37.4. The van der Waals surface area contributed by atoms with Crippen molar-refractivity contribution < 1.29 is 223 Å². The zero-order chi connectivity index (χ0) is 78.7. The molecule has 3 heterocycles. The summed E-state index contributed by atoms with van der Waals surface area (Å²) in [5.41, 5.74) is 27.3. The SMILES string of the molecule is CCOC(=O)Cc1ccccc1OCc1cc(-c2cccc(CN)c2F)c2oc(C3CC3)cc2c1.CCOC(=O)Cc1ccccc1OCc1cc(I)c2oc(C3CC3)cc2c1.Cl.NCc1cccc(-c2cc(COc3ccccc3CC(=O)O)cc3cc(C4CC4)oc23)c1F.NCc1cccc(B(O)O)c1F.O=CO[O-].[H-].[K+].[K+].[Li+].[OH-]. The van der Waals surface area contributed by atoms with E-state index in [4.69, 9.17) is 79.3 Å². The Morgan fingerprint density at radius 1 is 0.500 bits per heavy atom. The Kier molecular flexibility index (Phi) is 40.6. The van der Waals surface area contributed by atoms with E-state index in [1.54, 1.807) is 61.5 Å². The third-order valence-corrected chi connectivity index (χ3v) is 19.3. The number of carbonyl (C=O) groups is 4. The predicted molar refractivity (Wildman–Crippen MR) is 430 cm³/mol. The van der Waals surface area contributed by atoms with Crippen molar-refractivity contribution in [3.63, 3.8) is 0 Å². The van der Waals surface area contributed by atoms with Gasteiger partial charge in [-0.05, 0) is 164 Å². The van der Waals surface area contributed by atoms with Crippen LogP contribution in [0, 0.1) is 21.0 Å². The Hall–Kier alpha value is -6.65. The van der Waals surface area contributed by atoms with Crippen molar-refractivity contribution in [3.8, 4) is 39.5 Å². The molecule has 3 aromatic heterocycles. The summed E-state index contributed by atoms with van der Waals surface area (Å²) in [5, 5.41) is 37.9. The number of carboxylic acid groups (broad SMARTS) is 1. The van der Waals surface area contributed by atoms with E-state index in [0.717, 1.165) is 96.1 Å². The third-order valence-electron chi connectivity index (χ3n) is 18.5. The molecule has 594 valence electrons. The number of hydrogen-bond acceptors (Lipinski definition) is 20. The van der Waals surface area contributed by atoms with E-state index < -0.39 is 18.9 Å². The molecule has 21 nitrogen and oxygen atoms in total. The van der Waals surface area contributed by atoms with Crippen molar-refractivity contribution in [3.05, 3.63) is 270 Å². The number of ether oxygens (including phenoxy) is 5. The second kappa shape index (κ2) is 48.0. The topological polar surface area (TPSA) is 355 Å². The van der Waals surface area contributed by atoms with Crippen molar-refractivity contribution in [2.24, 2.45) is 17.2 Å². The Bertz CT molecular complexity index is 5290.